The third-order valence-corrected chi connectivity index (χ3v) is 4.63. The zero-order valence-corrected chi connectivity index (χ0v) is 17.5. The van der Waals surface area contributed by atoms with Crippen molar-refractivity contribution in [1.29, 1.82) is 0 Å². The molecule has 1 heterocycles. The third kappa shape index (κ3) is 4.45. The first-order chi connectivity index (χ1) is 12.9. The molecule has 2 aromatic rings. The Bertz CT molecular complexity index is 980. The number of rotatable bonds is 4. The third-order valence-electron chi connectivity index (χ3n) is 3.51. The first-order valence-electron chi connectivity index (χ1n) is 7.72. The van der Waals surface area contributed by atoms with E-state index >= 15 is 0 Å². The fourth-order valence-corrected chi connectivity index (χ4v) is 3.15. The molecular formula is C19H13Br2NO5. The zero-order chi connectivity index (χ0) is 19.6. The van der Waals surface area contributed by atoms with Crippen molar-refractivity contribution < 1.29 is 23.8 Å². The number of halogens is 2. The van der Waals surface area contributed by atoms with Gasteiger partial charge in [0.2, 0.25) is 5.90 Å². The van der Waals surface area contributed by atoms with E-state index < -0.39 is 11.9 Å². The van der Waals surface area contributed by atoms with Crippen molar-refractivity contribution in [2.45, 2.75) is 6.92 Å². The smallest absolute Gasteiger partial charge is 0.363 e. The Morgan fingerprint density at radius 2 is 1.89 bits per heavy atom. The lowest BCUT2D eigenvalue weighted by Crippen LogP contribution is -2.05. The second-order valence-electron chi connectivity index (χ2n) is 5.47. The van der Waals surface area contributed by atoms with Crippen LogP contribution in [-0.4, -0.2) is 24.9 Å². The lowest BCUT2D eigenvalue weighted by molar-refractivity contribution is -0.132. The van der Waals surface area contributed by atoms with Crippen LogP contribution in [0.3, 0.4) is 0 Å². The highest BCUT2D eigenvalue weighted by Crippen LogP contribution is 2.37. The molecule has 3 rings (SSSR count). The van der Waals surface area contributed by atoms with Gasteiger partial charge in [0.1, 0.15) is 0 Å². The molecule has 6 nitrogen and oxygen atoms in total. The predicted octanol–water partition coefficient (Wildman–Crippen LogP) is 4.49. The molecule has 27 heavy (non-hydrogen) atoms. The van der Waals surface area contributed by atoms with Gasteiger partial charge in [0.25, 0.3) is 0 Å². The molecule has 0 saturated carbocycles. The summed E-state index contributed by atoms with van der Waals surface area (Å²) in [5.74, 6) is -0.174. The molecule has 0 aliphatic carbocycles. The number of hydrogen-bond donors (Lipinski definition) is 0. The van der Waals surface area contributed by atoms with Crippen molar-refractivity contribution in [3.8, 4) is 11.5 Å². The summed E-state index contributed by atoms with van der Waals surface area (Å²) >= 11 is 6.70. The van der Waals surface area contributed by atoms with Gasteiger partial charge in [-0.2, -0.15) is 0 Å². The molecule has 0 amide bonds. The van der Waals surface area contributed by atoms with Crippen LogP contribution in [0.15, 0.2) is 56.0 Å². The predicted molar refractivity (Wildman–Crippen MR) is 107 cm³/mol. The molecule has 138 valence electrons. The summed E-state index contributed by atoms with van der Waals surface area (Å²) in [7, 11) is 1.46. The molecule has 0 aromatic heterocycles. The summed E-state index contributed by atoms with van der Waals surface area (Å²) in [4.78, 5) is 27.7. The Morgan fingerprint density at radius 3 is 2.52 bits per heavy atom. The number of nitrogens with zero attached hydrogens (tertiary/aromatic N) is 1. The van der Waals surface area contributed by atoms with E-state index in [-0.39, 0.29) is 17.3 Å². The van der Waals surface area contributed by atoms with Crippen LogP contribution >= 0.6 is 31.9 Å². The van der Waals surface area contributed by atoms with Crippen LogP contribution < -0.4 is 9.47 Å². The number of carbonyl (C=O) groups excluding carboxylic acids is 2. The average Bonchev–Trinajstić information content (AvgIpc) is 2.98. The molecule has 0 spiro atoms. The molecule has 0 radical (unpaired) electrons. The highest BCUT2D eigenvalue weighted by Gasteiger charge is 2.24. The second kappa shape index (κ2) is 8.06. The van der Waals surface area contributed by atoms with E-state index in [1.54, 1.807) is 30.3 Å². The van der Waals surface area contributed by atoms with Crippen molar-refractivity contribution in [2.24, 2.45) is 4.99 Å². The molecule has 0 atom stereocenters. The lowest BCUT2D eigenvalue weighted by atomic mass is 10.1. The minimum Gasteiger partial charge on any atom is -0.493 e. The highest BCUT2D eigenvalue weighted by molar-refractivity contribution is 9.10. The fraction of sp³-hybridized carbons (Fsp3) is 0.105. The maximum atomic E-state index is 12.2. The van der Waals surface area contributed by atoms with E-state index in [0.717, 1.165) is 4.47 Å². The van der Waals surface area contributed by atoms with Crippen LogP contribution in [-0.2, 0) is 14.3 Å². The number of carbonyl (C=O) groups is 2. The number of aliphatic imine (C=N–C) groups is 1. The van der Waals surface area contributed by atoms with Crippen molar-refractivity contribution in [1.82, 2.24) is 0 Å². The standard InChI is InChI=1S/C19H13Br2NO5/c1-10(23)26-17-14(21)7-11(9-16(17)25-2)8-15-19(24)27-18(22-15)12-3-5-13(20)6-4-12/h3-9H,1-2H3/b15-8+. The van der Waals surface area contributed by atoms with Crippen LogP contribution in [0.5, 0.6) is 11.5 Å². The Balaban J connectivity index is 1.96. The highest BCUT2D eigenvalue weighted by atomic mass is 79.9. The van der Waals surface area contributed by atoms with E-state index in [1.165, 1.54) is 14.0 Å². The van der Waals surface area contributed by atoms with E-state index in [2.05, 4.69) is 36.9 Å². The number of cyclic esters (lactones) is 1. The minimum atomic E-state index is -0.549. The van der Waals surface area contributed by atoms with Gasteiger partial charge in [-0.3, -0.25) is 4.79 Å². The van der Waals surface area contributed by atoms with E-state index in [9.17, 15) is 9.59 Å². The summed E-state index contributed by atoms with van der Waals surface area (Å²) in [6.45, 7) is 1.30. The lowest BCUT2D eigenvalue weighted by Gasteiger charge is -2.11. The molecule has 2 aromatic carbocycles. The van der Waals surface area contributed by atoms with Crippen LogP contribution in [0.1, 0.15) is 18.1 Å². The number of ether oxygens (including phenoxy) is 3. The van der Waals surface area contributed by atoms with Gasteiger partial charge in [-0.05, 0) is 64.0 Å². The van der Waals surface area contributed by atoms with E-state index in [1.807, 2.05) is 12.1 Å². The Labute approximate surface area is 172 Å². The average molecular weight is 495 g/mol. The van der Waals surface area contributed by atoms with Crippen molar-refractivity contribution in [3.63, 3.8) is 0 Å². The van der Waals surface area contributed by atoms with Gasteiger partial charge >= 0.3 is 11.9 Å². The molecule has 0 N–H and O–H groups in total. The summed E-state index contributed by atoms with van der Waals surface area (Å²) in [5, 5.41) is 0. The number of methoxy groups -OCH3 is 1. The zero-order valence-electron chi connectivity index (χ0n) is 14.3. The maximum Gasteiger partial charge on any atom is 0.363 e. The summed E-state index contributed by atoms with van der Waals surface area (Å²) < 4.78 is 17.1. The van der Waals surface area contributed by atoms with Crippen LogP contribution in [0.4, 0.5) is 0 Å². The normalized spacial score (nSPS) is 14.7. The molecule has 1 aliphatic rings. The van der Waals surface area contributed by atoms with Gasteiger partial charge in [0.15, 0.2) is 17.2 Å². The molecular weight excluding hydrogens is 482 g/mol. The van der Waals surface area contributed by atoms with Gasteiger partial charge in [0.05, 0.1) is 11.6 Å². The Kier molecular flexibility index (Phi) is 5.76. The molecule has 0 fully saturated rings. The van der Waals surface area contributed by atoms with Crippen LogP contribution in [0.2, 0.25) is 0 Å². The van der Waals surface area contributed by atoms with E-state index in [4.69, 9.17) is 14.2 Å². The quantitative estimate of drug-likeness (QED) is 0.355. The van der Waals surface area contributed by atoms with Crippen molar-refractivity contribution >= 4 is 55.8 Å². The van der Waals surface area contributed by atoms with Gasteiger partial charge in [-0.25, -0.2) is 9.79 Å². The largest absolute Gasteiger partial charge is 0.493 e. The summed E-state index contributed by atoms with van der Waals surface area (Å²) in [6.07, 6.45) is 1.57. The molecule has 0 unspecified atom stereocenters. The van der Waals surface area contributed by atoms with Crippen molar-refractivity contribution in [2.75, 3.05) is 7.11 Å². The molecule has 0 saturated heterocycles. The van der Waals surface area contributed by atoms with Gasteiger partial charge in [-0.15, -0.1) is 0 Å². The monoisotopic (exact) mass is 493 g/mol. The second-order valence-corrected chi connectivity index (χ2v) is 7.24. The Morgan fingerprint density at radius 1 is 1.19 bits per heavy atom. The molecule has 1 aliphatic heterocycles. The number of esters is 2. The topological polar surface area (TPSA) is 74.2 Å². The molecule has 0 bridgehead atoms. The summed E-state index contributed by atoms with van der Waals surface area (Å²) in [5.41, 5.74) is 1.48. The van der Waals surface area contributed by atoms with Crippen LogP contribution in [0.25, 0.3) is 6.08 Å². The SMILES string of the molecule is COc1cc(/C=C2/N=C(c3ccc(Br)cc3)OC2=O)cc(Br)c1OC(C)=O. The van der Waals surface area contributed by atoms with E-state index in [0.29, 0.717) is 21.3 Å². The molecule has 8 heteroatoms. The maximum absolute atomic E-state index is 12.2. The van der Waals surface area contributed by atoms with Gasteiger partial charge in [-0.1, -0.05) is 15.9 Å². The van der Waals surface area contributed by atoms with Gasteiger partial charge < -0.3 is 14.2 Å². The van der Waals surface area contributed by atoms with Crippen LogP contribution in [0, 0.1) is 0 Å². The summed E-state index contributed by atoms with van der Waals surface area (Å²) in [6, 6.07) is 10.6. The first kappa shape index (κ1) is 19.3. The Hall–Kier alpha value is -2.45. The number of hydrogen-bond acceptors (Lipinski definition) is 6. The first-order valence-corrected chi connectivity index (χ1v) is 9.30. The van der Waals surface area contributed by atoms with Gasteiger partial charge in [0, 0.05) is 17.0 Å². The number of benzene rings is 2. The van der Waals surface area contributed by atoms with Crippen molar-refractivity contribution in [3.05, 3.63) is 62.2 Å². The fourth-order valence-electron chi connectivity index (χ4n) is 2.35. The minimum absolute atomic E-state index is 0.155.